The molecule has 98 valence electrons. The summed E-state index contributed by atoms with van der Waals surface area (Å²) in [5.74, 6) is 0.140. The van der Waals surface area contributed by atoms with Crippen molar-refractivity contribution in [2.24, 2.45) is 0 Å². The highest BCUT2D eigenvalue weighted by atomic mass is 16.5. The molecular formula is C12H22N2O3. The lowest BCUT2D eigenvalue weighted by molar-refractivity contribution is -0.155. The van der Waals surface area contributed by atoms with Crippen LogP contribution in [0, 0.1) is 0 Å². The van der Waals surface area contributed by atoms with Gasteiger partial charge in [0.05, 0.1) is 13.3 Å². The molecule has 17 heavy (non-hydrogen) atoms. The minimum absolute atomic E-state index is 0.127. The van der Waals surface area contributed by atoms with Gasteiger partial charge in [-0.1, -0.05) is 12.8 Å². The van der Waals surface area contributed by atoms with E-state index in [9.17, 15) is 4.79 Å². The molecule has 0 atom stereocenters. The van der Waals surface area contributed by atoms with Crippen LogP contribution in [0.25, 0.3) is 0 Å². The Bertz CT molecular complexity index is 277. The number of ether oxygens (including phenoxy) is 2. The van der Waals surface area contributed by atoms with Gasteiger partial charge in [0, 0.05) is 26.3 Å². The molecule has 1 saturated carbocycles. The monoisotopic (exact) mass is 242 g/mol. The van der Waals surface area contributed by atoms with E-state index >= 15 is 0 Å². The van der Waals surface area contributed by atoms with E-state index in [4.69, 9.17) is 9.47 Å². The number of carbonyl (C=O) groups excluding carboxylic acids is 1. The van der Waals surface area contributed by atoms with Crippen LogP contribution < -0.4 is 0 Å². The molecule has 0 aromatic rings. The zero-order valence-electron chi connectivity index (χ0n) is 10.8. The first-order chi connectivity index (χ1) is 8.22. The molecule has 1 aliphatic heterocycles. The smallest absolute Gasteiger partial charge is 0.238 e. The van der Waals surface area contributed by atoms with Gasteiger partial charge in [0.25, 0.3) is 0 Å². The molecule has 1 heterocycles. The third-order valence-corrected chi connectivity index (χ3v) is 3.94. The van der Waals surface area contributed by atoms with E-state index in [1.54, 1.807) is 14.2 Å². The van der Waals surface area contributed by atoms with Crippen LogP contribution in [0.5, 0.6) is 0 Å². The number of nitrogens with zero attached hydrogens (tertiary/aromatic N) is 2. The summed E-state index contributed by atoms with van der Waals surface area (Å²) in [5.41, 5.74) is 0.127. The molecule has 1 spiro atoms. The van der Waals surface area contributed by atoms with Gasteiger partial charge >= 0.3 is 0 Å². The SMILES string of the molecule is COCN1CC2(CCCC2)N(COC)CC1=O. The lowest BCUT2D eigenvalue weighted by Crippen LogP contribution is -2.63. The molecule has 5 nitrogen and oxygen atoms in total. The fourth-order valence-electron chi connectivity index (χ4n) is 3.09. The van der Waals surface area contributed by atoms with E-state index in [2.05, 4.69) is 4.90 Å². The highest BCUT2D eigenvalue weighted by Gasteiger charge is 2.46. The molecule has 2 rings (SSSR count). The van der Waals surface area contributed by atoms with Gasteiger partial charge in [0.1, 0.15) is 6.73 Å². The second-order valence-corrected chi connectivity index (χ2v) is 5.06. The van der Waals surface area contributed by atoms with Crippen LogP contribution >= 0.6 is 0 Å². The zero-order valence-corrected chi connectivity index (χ0v) is 10.8. The van der Waals surface area contributed by atoms with Gasteiger partial charge in [-0.3, -0.25) is 9.69 Å². The van der Waals surface area contributed by atoms with Crippen LogP contribution in [0.2, 0.25) is 0 Å². The lowest BCUT2D eigenvalue weighted by Gasteiger charge is -2.48. The minimum Gasteiger partial charge on any atom is -0.369 e. The Kier molecular flexibility index (Phi) is 4.01. The molecule has 1 aliphatic carbocycles. The Morgan fingerprint density at radius 3 is 2.41 bits per heavy atom. The van der Waals surface area contributed by atoms with Crippen molar-refractivity contribution < 1.29 is 14.3 Å². The number of carbonyl (C=O) groups is 1. The van der Waals surface area contributed by atoms with Crippen molar-refractivity contribution in [2.75, 3.05) is 40.8 Å². The fraction of sp³-hybridized carbons (Fsp3) is 0.917. The third-order valence-electron chi connectivity index (χ3n) is 3.94. The normalized spacial score (nSPS) is 24.8. The highest BCUT2D eigenvalue weighted by molar-refractivity contribution is 5.79. The summed E-state index contributed by atoms with van der Waals surface area (Å²) in [6.45, 7) is 2.19. The molecular weight excluding hydrogens is 220 g/mol. The second kappa shape index (κ2) is 5.33. The quantitative estimate of drug-likeness (QED) is 0.726. The first kappa shape index (κ1) is 12.8. The minimum atomic E-state index is 0.127. The van der Waals surface area contributed by atoms with Gasteiger partial charge in [0.2, 0.25) is 5.91 Å². The first-order valence-corrected chi connectivity index (χ1v) is 6.22. The molecule has 0 aromatic carbocycles. The summed E-state index contributed by atoms with van der Waals surface area (Å²) < 4.78 is 10.3. The lowest BCUT2D eigenvalue weighted by atomic mass is 9.92. The summed E-state index contributed by atoms with van der Waals surface area (Å²) in [5, 5.41) is 0. The largest absolute Gasteiger partial charge is 0.369 e. The molecule has 1 amide bonds. The predicted molar refractivity (Wildman–Crippen MR) is 63.4 cm³/mol. The van der Waals surface area contributed by atoms with E-state index in [0.717, 1.165) is 19.4 Å². The van der Waals surface area contributed by atoms with Crippen molar-refractivity contribution in [1.29, 1.82) is 0 Å². The second-order valence-electron chi connectivity index (χ2n) is 5.06. The number of rotatable bonds is 4. The number of methoxy groups -OCH3 is 2. The molecule has 0 bridgehead atoms. The van der Waals surface area contributed by atoms with Gasteiger partial charge in [-0.05, 0) is 12.8 Å². The van der Waals surface area contributed by atoms with Gasteiger partial charge in [0.15, 0.2) is 0 Å². The van der Waals surface area contributed by atoms with Crippen LogP contribution in [0.1, 0.15) is 25.7 Å². The summed E-state index contributed by atoms with van der Waals surface area (Å²) in [6.07, 6.45) is 4.80. The maximum absolute atomic E-state index is 12.0. The Labute approximate surface area is 103 Å². The highest BCUT2D eigenvalue weighted by Crippen LogP contribution is 2.38. The summed E-state index contributed by atoms with van der Waals surface area (Å²) >= 11 is 0. The van der Waals surface area contributed by atoms with Crippen molar-refractivity contribution >= 4 is 5.91 Å². The maximum atomic E-state index is 12.0. The molecule has 1 saturated heterocycles. The summed E-state index contributed by atoms with van der Waals surface area (Å²) in [6, 6.07) is 0. The molecule has 0 radical (unpaired) electrons. The fourth-order valence-corrected chi connectivity index (χ4v) is 3.09. The standard InChI is InChI=1S/C12H22N2O3/c1-16-9-13-8-12(5-3-4-6-12)14(10-17-2)7-11(13)15/h3-10H2,1-2H3. The van der Waals surface area contributed by atoms with Gasteiger partial charge in [-0.25, -0.2) is 0 Å². The van der Waals surface area contributed by atoms with Gasteiger partial charge in [-0.2, -0.15) is 0 Å². The van der Waals surface area contributed by atoms with E-state index in [-0.39, 0.29) is 11.4 Å². The summed E-state index contributed by atoms with van der Waals surface area (Å²) in [4.78, 5) is 16.0. The van der Waals surface area contributed by atoms with Crippen molar-refractivity contribution in [2.45, 2.75) is 31.2 Å². The Morgan fingerprint density at radius 1 is 1.18 bits per heavy atom. The average molecular weight is 242 g/mol. The van der Waals surface area contributed by atoms with Crippen molar-refractivity contribution in [1.82, 2.24) is 9.80 Å². The molecule has 0 aromatic heterocycles. The Balaban J connectivity index is 2.11. The zero-order chi connectivity index (χ0) is 12.3. The van der Waals surface area contributed by atoms with Crippen LogP contribution in [-0.4, -0.2) is 62.0 Å². The average Bonchev–Trinajstić information content (AvgIpc) is 2.76. The Morgan fingerprint density at radius 2 is 1.82 bits per heavy atom. The first-order valence-electron chi connectivity index (χ1n) is 6.22. The number of hydrogen-bond acceptors (Lipinski definition) is 4. The molecule has 0 N–H and O–H groups in total. The Hall–Kier alpha value is -0.650. The van der Waals surface area contributed by atoms with Gasteiger partial charge in [-0.15, -0.1) is 0 Å². The predicted octanol–water partition coefficient (Wildman–Crippen LogP) is 0.651. The molecule has 2 fully saturated rings. The van der Waals surface area contributed by atoms with Crippen LogP contribution in [-0.2, 0) is 14.3 Å². The number of piperazine rings is 1. The van der Waals surface area contributed by atoms with Crippen molar-refractivity contribution in [3.8, 4) is 0 Å². The van der Waals surface area contributed by atoms with Crippen LogP contribution in [0.4, 0.5) is 0 Å². The van der Waals surface area contributed by atoms with Crippen LogP contribution in [0.15, 0.2) is 0 Å². The maximum Gasteiger partial charge on any atom is 0.238 e. The summed E-state index contributed by atoms with van der Waals surface area (Å²) in [7, 11) is 3.32. The van der Waals surface area contributed by atoms with Gasteiger partial charge < -0.3 is 14.4 Å². The van der Waals surface area contributed by atoms with E-state index in [1.165, 1.54) is 12.8 Å². The topological polar surface area (TPSA) is 42.0 Å². The van der Waals surface area contributed by atoms with E-state index in [1.807, 2.05) is 4.90 Å². The van der Waals surface area contributed by atoms with Crippen molar-refractivity contribution in [3.05, 3.63) is 0 Å². The van der Waals surface area contributed by atoms with E-state index < -0.39 is 0 Å². The van der Waals surface area contributed by atoms with Crippen LogP contribution in [0.3, 0.4) is 0 Å². The number of amides is 1. The van der Waals surface area contributed by atoms with Crippen molar-refractivity contribution in [3.63, 3.8) is 0 Å². The number of hydrogen-bond donors (Lipinski definition) is 0. The third kappa shape index (κ3) is 2.46. The van der Waals surface area contributed by atoms with E-state index in [0.29, 0.717) is 20.0 Å². The molecule has 0 unspecified atom stereocenters. The molecule has 2 aliphatic rings. The molecule has 5 heteroatoms.